The Hall–Kier alpha value is -2.26. The smallest absolute Gasteiger partial charge is 0.280 e. The highest BCUT2D eigenvalue weighted by molar-refractivity contribution is 5.85. The number of nitrogens with zero attached hydrogens (tertiary/aromatic N) is 6. The Morgan fingerprint density at radius 1 is 1.29 bits per heavy atom. The Morgan fingerprint density at radius 3 is 2.83 bits per heavy atom. The number of rotatable bonds is 3. The third-order valence-electron chi connectivity index (χ3n) is 4.88. The molecule has 0 aromatic carbocycles. The number of nitrogens with one attached hydrogen (secondary N) is 1. The van der Waals surface area contributed by atoms with E-state index in [0.29, 0.717) is 34.8 Å². The second-order valence-corrected chi connectivity index (χ2v) is 6.26. The fraction of sp³-hybridized carbons (Fsp3) is 0.500. The first-order valence-electron chi connectivity index (χ1n) is 7.62. The van der Waals surface area contributed by atoms with Gasteiger partial charge in [0, 0.05) is 13.0 Å². The van der Waals surface area contributed by atoms with Gasteiger partial charge in [-0.15, -0.1) is 12.4 Å². The van der Waals surface area contributed by atoms with Crippen LogP contribution < -0.4 is 10.9 Å². The average molecular weight is 350 g/mol. The van der Waals surface area contributed by atoms with E-state index in [1.54, 1.807) is 17.9 Å². The topological polar surface area (TPSA) is 104 Å². The molecule has 10 heteroatoms. The number of imidazole rings is 1. The van der Waals surface area contributed by atoms with Crippen LogP contribution in [0.4, 0.5) is 0 Å². The van der Waals surface area contributed by atoms with Crippen molar-refractivity contribution in [2.75, 3.05) is 13.1 Å². The van der Waals surface area contributed by atoms with Crippen LogP contribution in [0.25, 0.3) is 11.2 Å². The standard InChI is InChI=1S/C14H15N7O2.ClH/c1-20-5-16-13-11(20)14(22)21(6-17-13)4-9-18-12(19-23-9)10-7-2-15-3-8(7)10;/h5-8,10,15H,2-4H2,1H3;1H/t7-,8+,10-;. The van der Waals surface area contributed by atoms with Gasteiger partial charge in [0.15, 0.2) is 17.0 Å². The fourth-order valence-electron chi connectivity index (χ4n) is 3.60. The molecular formula is C14H16ClN7O2. The van der Waals surface area contributed by atoms with Gasteiger partial charge in [0.25, 0.3) is 5.56 Å². The number of aryl methyl sites for hydroxylation is 1. The van der Waals surface area contributed by atoms with Gasteiger partial charge >= 0.3 is 0 Å². The van der Waals surface area contributed by atoms with Crippen LogP contribution in [0, 0.1) is 11.8 Å². The lowest BCUT2D eigenvalue weighted by atomic mass is 10.3. The van der Waals surface area contributed by atoms with Gasteiger partial charge in [0.1, 0.15) is 12.9 Å². The first-order chi connectivity index (χ1) is 11.2. The third-order valence-corrected chi connectivity index (χ3v) is 4.88. The van der Waals surface area contributed by atoms with E-state index in [0.717, 1.165) is 18.9 Å². The average Bonchev–Trinajstić information content (AvgIpc) is 3.01. The molecule has 4 heterocycles. The summed E-state index contributed by atoms with van der Waals surface area (Å²) in [5.41, 5.74) is 0.746. The molecule has 3 aromatic rings. The van der Waals surface area contributed by atoms with Crippen LogP contribution in [0.15, 0.2) is 22.0 Å². The zero-order chi connectivity index (χ0) is 15.6. The molecule has 1 aliphatic carbocycles. The predicted molar refractivity (Wildman–Crippen MR) is 86.0 cm³/mol. The zero-order valence-corrected chi connectivity index (χ0v) is 13.7. The Labute approximate surface area is 142 Å². The van der Waals surface area contributed by atoms with Crippen molar-refractivity contribution >= 4 is 23.6 Å². The van der Waals surface area contributed by atoms with Gasteiger partial charge in [-0.3, -0.25) is 9.36 Å². The van der Waals surface area contributed by atoms with Crippen molar-refractivity contribution < 1.29 is 4.52 Å². The third kappa shape index (κ3) is 2.15. The van der Waals surface area contributed by atoms with E-state index in [1.807, 2.05) is 0 Å². The first kappa shape index (κ1) is 15.3. The molecule has 5 rings (SSSR count). The van der Waals surface area contributed by atoms with Crippen molar-refractivity contribution in [1.29, 1.82) is 0 Å². The van der Waals surface area contributed by atoms with Crippen molar-refractivity contribution in [2.24, 2.45) is 18.9 Å². The number of hydrogen-bond acceptors (Lipinski definition) is 7. The minimum atomic E-state index is -0.165. The number of hydrogen-bond donors (Lipinski definition) is 1. The summed E-state index contributed by atoms with van der Waals surface area (Å²) in [7, 11) is 1.77. The van der Waals surface area contributed by atoms with Crippen molar-refractivity contribution in [1.82, 2.24) is 34.6 Å². The summed E-state index contributed by atoms with van der Waals surface area (Å²) in [6, 6.07) is 0. The lowest BCUT2D eigenvalue weighted by Gasteiger charge is -2.01. The van der Waals surface area contributed by atoms with Crippen LogP contribution in [0.2, 0.25) is 0 Å². The quantitative estimate of drug-likeness (QED) is 0.705. The highest BCUT2D eigenvalue weighted by Crippen LogP contribution is 2.54. The van der Waals surface area contributed by atoms with Gasteiger partial charge in [-0.25, -0.2) is 9.97 Å². The summed E-state index contributed by atoms with van der Waals surface area (Å²) in [6.45, 7) is 2.28. The Morgan fingerprint density at radius 2 is 2.04 bits per heavy atom. The first-order valence-corrected chi connectivity index (χ1v) is 7.62. The molecule has 0 spiro atoms. The number of halogens is 1. The van der Waals surface area contributed by atoms with Crippen molar-refractivity contribution in [3.8, 4) is 0 Å². The van der Waals surface area contributed by atoms with Crippen LogP contribution in [0.1, 0.15) is 17.6 Å². The van der Waals surface area contributed by atoms with E-state index in [9.17, 15) is 4.79 Å². The summed E-state index contributed by atoms with van der Waals surface area (Å²) < 4.78 is 8.46. The normalized spacial score (nSPS) is 24.8. The van der Waals surface area contributed by atoms with Crippen LogP contribution >= 0.6 is 12.4 Å². The highest BCUT2D eigenvalue weighted by Gasteiger charge is 2.55. The van der Waals surface area contributed by atoms with Crippen molar-refractivity contribution in [2.45, 2.75) is 12.5 Å². The number of aromatic nitrogens is 6. The summed E-state index contributed by atoms with van der Waals surface area (Å²) in [5.74, 6) is 2.87. The number of piperidine rings is 1. The zero-order valence-electron chi connectivity index (χ0n) is 12.9. The molecule has 0 unspecified atom stereocenters. The van der Waals surface area contributed by atoms with E-state index in [4.69, 9.17) is 4.52 Å². The molecule has 126 valence electrons. The molecule has 0 radical (unpaired) electrons. The SMILES string of the molecule is Cl.Cn1cnc2ncn(Cc3nc([C@@H]4[C@@H]5CNC[C@@H]54)no3)c(=O)c21. The second-order valence-electron chi connectivity index (χ2n) is 6.26. The highest BCUT2D eigenvalue weighted by atomic mass is 35.5. The van der Waals surface area contributed by atoms with Crippen LogP contribution in [-0.4, -0.2) is 42.3 Å². The molecule has 9 nitrogen and oxygen atoms in total. The molecule has 1 saturated heterocycles. The summed E-state index contributed by atoms with van der Waals surface area (Å²) in [5, 5.41) is 7.44. The fourth-order valence-corrected chi connectivity index (χ4v) is 3.60. The molecule has 3 atom stereocenters. The van der Waals surface area contributed by atoms with Gasteiger partial charge in [-0.05, 0) is 24.9 Å². The summed E-state index contributed by atoms with van der Waals surface area (Å²) in [4.78, 5) is 25.2. The van der Waals surface area contributed by atoms with Gasteiger partial charge in [0.2, 0.25) is 5.89 Å². The van der Waals surface area contributed by atoms with Crippen molar-refractivity contribution in [3.05, 3.63) is 34.7 Å². The van der Waals surface area contributed by atoms with E-state index >= 15 is 0 Å². The number of fused-ring (bicyclic) bond motifs is 2. The molecule has 1 saturated carbocycles. The summed E-state index contributed by atoms with van der Waals surface area (Å²) >= 11 is 0. The van der Waals surface area contributed by atoms with Crippen LogP contribution in [0.3, 0.4) is 0 Å². The van der Waals surface area contributed by atoms with Crippen LogP contribution in [-0.2, 0) is 13.6 Å². The molecular weight excluding hydrogens is 334 g/mol. The van der Waals surface area contributed by atoms with Gasteiger partial charge in [-0.1, -0.05) is 5.16 Å². The maximum absolute atomic E-state index is 12.5. The van der Waals surface area contributed by atoms with E-state index in [2.05, 4.69) is 25.4 Å². The van der Waals surface area contributed by atoms with Gasteiger partial charge < -0.3 is 14.4 Å². The maximum Gasteiger partial charge on any atom is 0.280 e. The van der Waals surface area contributed by atoms with E-state index in [-0.39, 0.29) is 24.5 Å². The molecule has 24 heavy (non-hydrogen) atoms. The molecule has 2 aliphatic rings. The lowest BCUT2D eigenvalue weighted by molar-refractivity contribution is 0.363. The molecule has 0 bridgehead atoms. The van der Waals surface area contributed by atoms with Crippen molar-refractivity contribution in [3.63, 3.8) is 0 Å². The predicted octanol–water partition coefficient (Wildman–Crippen LogP) is -0.0841. The van der Waals surface area contributed by atoms with E-state index < -0.39 is 0 Å². The molecule has 2 fully saturated rings. The molecule has 3 aromatic heterocycles. The minimum Gasteiger partial charge on any atom is -0.337 e. The Balaban J connectivity index is 0.00000146. The minimum absolute atomic E-state index is 0. The lowest BCUT2D eigenvalue weighted by Crippen LogP contribution is -2.22. The van der Waals surface area contributed by atoms with Gasteiger partial charge in [0.05, 0.1) is 6.33 Å². The van der Waals surface area contributed by atoms with E-state index in [1.165, 1.54) is 10.9 Å². The molecule has 1 aliphatic heterocycles. The summed E-state index contributed by atoms with van der Waals surface area (Å²) in [6.07, 6.45) is 3.05. The Kier molecular flexibility index (Phi) is 3.43. The van der Waals surface area contributed by atoms with Crippen LogP contribution in [0.5, 0.6) is 0 Å². The van der Waals surface area contributed by atoms with Gasteiger partial charge in [-0.2, -0.15) is 4.98 Å². The maximum atomic E-state index is 12.5. The Bertz CT molecular complexity index is 952. The molecule has 1 N–H and O–H groups in total. The monoisotopic (exact) mass is 349 g/mol. The second kappa shape index (κ2) is 5.38. The largest absolute Gasteiger partial charge is 0.337 e. The molecule has 0 amide bonds.